The SMILES string of the molecule is O=C1Nc2ncnc(-c3cc(C(F)(F)F)cc(N4CC5CC4CCN5)n3)c2[C@H](C(F)F)O1. The van der Waals surface area contributed by atoms with E-state index in [-0.39, 0.29) is 40.7 Å². The number of fused-ring (bicyclic) bond motifs is 3. The minimum Gasteiger partial charge on any atom is -0.435 e. The van der Waals surface area contributed by atoms with Crippen molar-refractivity contribution in [2.45, 2.75) is 43.6 Å². The zero-order chi connectivity index (χ0) is 22.6. The number of carbonyl (C=O) groups is 1. The van der Waals surface area contributed by atoms with Gasteiger partial charge in [0.25, 0.3) is 6.43 Å². The maximum atomic E-state index is 13.7. The Kier molecular flexibility index (Phi) is 4.87. The van der Waals surface area contributed by atoms with E-state index in [4.69, 9.17) is 0 Å². The second kappa shape index (κ2) is 7.50. The first kappa shape index (κ1) is 20.8. The summed E-state index contributed by atoms with van der Waals surface area (Å²) in [6, 6.07) is 1.89. The summed E-state index contributed by atoms with van der Waals surface area (Å²) in [4.78, 5) is 25.5. The molecule has 2 unspecified atom stereocenters. The predicted octanol–water partition coefficient (Wildman–Crippen LogP) is 3.37. The molecule has 0 spiro atoms. The molecule has 3 aliphatic heterocycles. The minimum atomic E-state index is -4.70. The molecule has 1 amide bonds. The Morgan fingerprint density at radius 3 is 2.75 bits per heavy atom. The van der Waals surface area contributed by atoms with E-state index in [2.05, 4.69) is 30.3 Å². The number of ether oxygens (including phenoxy) is 1. The van der Waals surface area contributed by atoms with Gasteiger partial charge < -0.3 is 15.0 Å². The summed E-state index contributed by atoms with van der Waals surface area (Å²) in [7, 11) is 0. The van der Waals surface area contributed by atoms with Crippen molar-refractivity contribution in [2.24, 2.45) is 0 Å². The molecule has 0 saturated carbocycles. The molecular formula is C19H17F5N6O2. The normalized spacial score (nSPS) is 24.9. The molecule has 32 heavy (non-hydrogen) atoms. The number of piperidine rings is 1. The monoisotopic (exact) mass is 456 g/mol. The number of carbonyl (C=O) groups excluding carboxylic acids is 1. The van der Waals surface area contributed by atoms with E-state index in [1.54, 1.807) is 4.90 Å². The van der Waals surface area contributed by atoms with Crippen LogP contribution in [0.25, 0.3) is 11.4 Å². The Labute approximate surface area is 178 Å². The largest absolute Gasteiger partial charge is 0.435 e. The van der Waals surface area contributed by atoms with Crippen LogP contribution in [-0.4, -0.2) is 52.6 Å². The molecule has 2 N–H and O–H groups in total. The number of anilines is 2. The van der Waals surface area contributed by atoms with E-state index in [0.29, 0.717) is 6.54 Å². The van der Waals surface area contributed by atoms with Crippen molar-refractivity contribution in [3.8, 4) is 11.4 Å². The van der Waals surface area contributed by atoms with Crippen molar-refractivity contribution in [3.63, 3.8) is 0 Å². The third-order valence-corrected chi connectivity index (χ3v) is 5.85. The van der Waals surface area contributed by atoms with Crippen LogP contribution >= 0.6 is 0 Å². The highest BCUT2D eigenvalue weighted by Gasteiger charge is 2.40. The lowest BCUT2D eigenvalue weighted by molar-refractivity contribution is -0.137. The van der Waals surface area contributed by atoms with Crippen LogP contribution in [0.15, 0.2) is 18.5 Å². The van der Waals surface area contributed by atoms with Crippen LogP contribution in [0, 0.1) is 0 Å². The van der Waals surface area contributed by atoms with E-state index in [1.165, 1.54) is 0 Å². The smallest absolute Gasteiger partial charge is 0.416 e. The van der Waals surface area contributed by atoms with Crippen LogP contribution in [0.3, 0.4) is 0 Å². The molecule has 2 bridgehead atoms. The van der Waals surface area contributed by atoms with Crippen LogP contribution in [0.4, 0.5) is 38.4 Å². The van der Waals surface area contributed by atoms with E-state index in [1.807, 2.05) is 0 Å². The second-order valence-corrected chi connectivity index (χ2v) is 7.85. The van der Waals surface area contributed by atoms with Gasteiger partial charge in [-0.25, -0.2) is 28.5 Å². The Bertz CT molecular complexity index is 1060. The number of nitrogens with one attached hydrogen (secondary N) is 2. The fraction of sp³-hybridized carbons (Fsp3) is 0.474. The number of alkyl halides is 5. The van der Waals surface area contributed by atoms with Gasteiger partial charge in [-0.15, -0.1) is 0 Å². The van der Waals surface area contributed by atoms with Gasteiger partial charge in [0.2, 0.25) is 0 Å². The third kappa shape index (κ3) is 3.59. The molecule has 2 aromatic heterocycles. The standard InChI is InChI=1S/C19H17F5N6O2/c20-16(21)15-13-14(26-7-27-17(13)29-18(31)32-15)11-3-8(19(22,23)24)4-12(28-11)30-6-9-5-10(30)1-2-25-9/h3-4,7,9-10,15-16,25H,1-2,5-6H2,(H,26,27,29,31)/t9?,10?,15-/m1/s1. The van der Waals surface area contributed by atoms with Crippen LogP contribution in [0.1, 0.15) is 30.1 Å². The molecule has 5 heterocycles. The predicted molar refractivity (Wildman–Crippen MR) is 101 cm³/mol. The van der Waals surface area contributed by atoms with Gasteiger partial charge in [0.1, 0.15) is 23.7 Å². The Morgan fingerprint density at radius 1 is 1.22 bits per heavy atom. The highest BCUT2D eigenvalue weighted by atomic mass is 19.4. The lowest BCUT2D eigenvalue weighted by Gasteiger charge is -2.28. The van der Waals surface area contributed by atoms with Gasteiger partial charge in [-0.2, -0.15) is 13.2 Å². The van der Waals surface area contributed by atoms with Gasteiger partial charge in [-0.05, 0) is 31.5 Å². The molecule has 3 atom stereocenters. The number of amides is 1. The number of pyridine rings is 1. The van der Waals surface area contributed by atoms with Gasteiger partial charge in [0.05, 0.1) is 16.8 Å². The summed E-state index contributed by atoms with van der Waals surface area (Å²) in [6.07, 6.45) is -8.51. The number of rotatable bonds is 3. The van der Waals surface area contributed by atoms with Crippen molar-refractivity contribution in [1.29, 1.82) is 0 Å². The molecule has 3 aliphatic rings. The zero-order valence-electron chi connectivity index (χ0n) is 16.4. The summed E-state index contributed by atoms with van der Waals surface area (Å²) in [6.45, 7) is 1.24. The summed E-state index contributed by atoms with van der Waals surface area (Å²) >= 11 is 0. The molecule has 170 valence electrons. The van der Waals surface area contributed by atoms with Crippen molar-refractivity contribution in [2.75, 3.05) is 23.3 Å². The first-order valence-electron chi connectivity index (χ1n) is 9.91. The van der Waals surface area contributed by atoms with Gasteiger partial charge in [-0.1, -0.05) is 0 Å². The topological polar surface area (TPSA) is 92.3 Å². The molecule has 0 aliphatic carbocycles. The van der Waals surface area contributed by atoms with E-state index in [0.717, 1.165) is 37.8 Å². The second-order valence-electron chi connectivity index (χ2n) is 7.85. The lowest BCUT2D eigenvalue weighted by Crippen LogP contribution is -2.35. The van der Waals surface area contributed by atoms with Crippen molar-refractivity contribution in [1.82, 2.24) is 20.3 Å². The number of halogens is 5. The van der Waals surface area contributed by atoms with Crippen LogP contribution in [0.2, 0.25) is 0 Å². The summed E-state index contributed by atoms with van der Waals surface area (Å²) in [5.74, 6) is -0.161. The average Bonchev–Trinajstić information content (AvgIpc) is 3.04. The van der Waals surface area contributed by atoms with Crippen LogP contribution < -0.4 is 15.5 Å². The number of hydrogen-bond acceptors (Lipinski definition) is 7. The fourth-order valence-corrected chi connectivity index (χ4v) is 4.47. The van der Waals surface area contributed by atoms with Crippen LogP contribution in [0.5, 0.6) is 0 Å². The highest BCUT2D eigenvalue weighted by molar-refractivity contribution is 5.88. The summed E-state index contributed by atoms with van der Waals surface area (Å²) in [5, 5.41) is 5.50. The summed E-state index contributed by atoms with van der Waals surface area (Å²) in [5.41, 5.74) is -1.81. The van der Waals surface area contributed by atoms with Gasteiger partial charge in [0.15, 0.2) is 6.10 Å². The highest BCUT2D eigenvalue weighted by Crippen LogP contribution is 2.41. The van der Waals surface area contributed by atoms with Gasteiger partial charge in [0, 0.05) is 18.6 Å². The van der Waals surface area contributed by atoms with Crippen molar-refractivity contribution >= 4 is 17.7 Å². The number of hydrogen-bond donors (Lipinski definition) is 2. The molecule has 0 aromatic carbocycles. The van der Waals surface area contributed by atoms with E-state index >= 15 is 0 Å². The quantitative estimate of drug-likeness (QED) is 0.685. The minimum absolute atomic E-state index is 0.0285. The average molecular weight is 456 g/mol. The first-order chi connectivity index (χ1) is 15.2. The number of cyclic esters (lactones) is 1. The van der Waals surface area contributed by atoms with Crippen molar-refractivity contribution in [3.05, 3.63) is 29.6 Å². The molecule has 2 fully saturated rings. The first-order valence-corrected chi connectivity index (χ1v) is 9.91. The number of nitrogens with zero attached hydrogens (tertiary/aromatic N) is 4. The fourth-order valence-electron chi connectivity index (χ4n) is 4.47. The van der Waals surface area contributed by atoms with Crippen LogP contribution in [-0.2, 0) is 10.9 Å². The molecule has 2 aromatic rings. The Hall–Kier alpha value is -3.09. The van der Waals surface area contributed by atoms with Gasteiger partial charge >= 0.3 is 12.3 Å². The zero-order valence-corrected chi connectivity index (χ0v) is 16.4. The molecule has 5 rings (SSSR count). The Morgan fingerprint density at radius 2 is 2.03 bits per heavy atom. The third-order valence-electron chi connectivity index (χ3n) is 5.85. The van der Waals surface area contributed by atoms with Gasteiger partial charge in [-0.3, -0.25) is 5.32 Å². The van der Waals surface area contributed by atoms with Crippen molar-refractivity contribution < 1.29 is 31.5 Å². The summed E-state index contributed by atoms with van der Waals surface area (Å²) < 4.78 is 73.1. The molecular weight excluding hydrogens is 439 g/mol. The molecule has 0 radical (unpaired) electrons. The number of aromatic nitrogens is 3. The molecule has 8 nitrogen and oxygen atoms in total. The van der Waals surface area contributed by atoms with E-state index in [9.17, 15) is 26.7 Å². The maximum Gasteiger partial charge on any atom is 0.416 e. The molecule has 13 heteroatoms. The van der Waals surface area contributed by atoms with E-state index < -0.39 is 30.4 Å². The molecule has 2 saturated heterocycles. The Balaban J connectivity index is 1.66. The lowest BCUT2D eigenvalue weighted by atomic mass is 10.0. The maximum absolute atomic E-state index is 13.7.